The Kier molecular flexibility index (Phi) is 6.91. The van der Waals surface area contributed by atoms with Crippen molar-refractivity contribution in [2.24, 2.45) is 0 Å². The Morgan fingerprint density at radius 1 is 1.24 bits per heavy atom. The first-order valence-corrected chi connectivity index (χ1v) is 9.83. The molecule has 3 aromatic rings. The van der Waals surface area contributed by atoms with E-state index in [1.165, 1.54) is 41.2 Å². The molecule has 0 aliphatic rings. The van der Waals surface area contributed by atoms with E-state index in [1.54, 1.807) is 4.57 Å². The first-order valence-electron chi connectivity index (χ1n) is 7.81. The van der Waals surface area contributed by atoms with E-state index in [-0.39, 0.29) is 33.1 Å². The van der Waals surface area contributed by atoms with Crippen molar-refractivity contribution in [1.29, 1.82) is 0 Å². The first-order chi connectivity index (χ1) is 13.8. The van der Waals surface area contributed by atoms with Gasteiger partial charge in [-0.2, -0.15) is 0 Å². The zero-order chi connectivity index (χ0) is 21.0. The molecule has 0 radical (unpaired) electrons. The van der Waals surface area contributed by atoms with Crippen LogP contribution in [0.5, 0.6) is 0 Å². The van der Waals surface area contributed by atoms with Crippen LogP contribution in [0.1, 0.15) is 21.1 Å². The highest BCUT2D eigenvalue weighted by atomic mass is 35.5. The highest BCUT2D eigenvalue weighted by Gasteiger charge is 2.15. The molecule has 0 spiro atoms. The Labute approximate surface area is 182 Å². The number of carbonyl (C=O) groups excluding carboxylic acids is 2. The number of hydrogen-bond acceptors (Lipinski definition) is 6. The Balaban J connectivity index is 1.50. The SMILES string of the molecule is O=C(NNC(=O)c1csc(Cn2cnc(Cl)c2Cl)n1)OCc1c(F)cccc1Cl. The van der Waals surface area contributed by atoms with Gasteiger partial charge in [0.25, 0.3) is 5.91 Å². The second-order valence-electron chi connectivity index (χ2n) is 5.44. The predicted molar refractivity (Wildman–Crippen MR) is 106 cm³/mol. The van der Waals surface area contributed by atoms with Crippen LogP contribution in [0.4, 0.5) is 9.18 Å². The van der Waals surface area contributed by atoms with Crippen molar-refractivity contribution < 1.29 is 18.7 Å². The van der Waals surface area contributed by atoms with Crippen LogP contribution in [-0.4, -0.2) is 26.5 Å². The van der Waals surface area contributed by atoms with E-state index in [0.29, 0.717) is 5.01 Å². The fourth-order valence-corrected chi connectivity index (χ4v) is 3.40. The van der Waals surface area contributed by atoms with E-state index in [1.807, 2.05) is 5.43 Å². The lowest BCUT2D eigenvalue weighted by Gasteiger charge is -2.09. The van der Waals surface area contributed by atoms with E-state index >= 15 is 0 Å². The molecular formula is C16H11Cl3FN5O3S. The number of imidazole rings is 1. The van der Waals surface area contributed by atoms with Crippen molar-refractivity contribution in [2.75, 3.05) is 0 Å². The Morgan fingerprint density at radius 3 is 2.72 bits per heavy atom. The summed E-state index contributed by atoms with van der Waals surface area (Å²) in [6.45, 7) is -0.127. The van der Waals surface area contributed by atoms with Gasteiger partial charge in [-0.1, -0.05) is 40.9 Å². The highest BCUT2D eigenvalue weighted by molar-refractivity contribution is 7.09. The monoisotopic (exact) mass is 477 g/mol. The van der Waals surface area contributed by atoms with Gasteiger partial charge in [0, 0.05) is 10.9 Å². The number of ether oxygens (including phenoxy) is 1. The van der Waals surface area contributed by atoms with Gasteiger partial charge in [-0.3, -0.25) is 10.2 Å². The predicted octanol–water partition coefficient (Wildman–Crippen LogP) is 4.06. The minimum Gasteiger partial charge on any atom is -0.443 e. The molecule has 0 aliphatic heterocycles. The molecule has 2 heterocycles. The lowest BCUT2D eigenvalue weighted by Crippen LogP contribution is -2.42. The molecule has 0 saturated carbocycles. The number of carbonyl (C=O) groups is 2. The number of amides is 2. The average Bonchev–Trinajstić information content (AvgIpc) is 3.28. The van der Waals surface area contributed by atoms with Gasteiger partial charge in [-0.15, -0.1) is 11.3 Å². The summed E-state index contributed by atoms with van der Waals surface area (Å²) in [6.07, 6.45) is 0.457. The summed E-state index contributed by atoms with van der Waals surface area (Å²) >= 11 is 18.8. The number of nitrogens with zero attached hydrogens (tertiary/aromatic N) is 3. The third-order valence-electron chi connectivity index (χ3n) is 3.51. The normalized spacial score (nSPS) is 10.6. The maximum atomic E-state index is 13.6. The van der Waals surface area contributed by atoms with Crippen LogP contribution in [0.15, 0.2) is 29.9 Å². The summed E-state index contributed by atoms with van der Waals surface area (Å²) in [5, 5.41) is 2.62. The zero-order valence-corrected chi connectivity index (χ0v) is 17.4. The van der Waals surface area contributed by atoms with Crippen LogP contribution in [-0.2, 0) is 17.9 Å². The summed E-state index contributed by atoms with van der Waals surface area (Å²) in [6, 6.07) is 4.09. The Morgan fingerprint density at radius 2 is 2.03 bits per heavy atom. The summed E-state index contributed by atoms with van der Waals surface area (Å²) in [5.41, 5.74) is 4.29. The Bertz CT molecular complexity index is 1040. The molecule has 152 valence electrons. The maximum absolute atomic E-state index is 13.6. The summed E-state index contributed by atoms with van der Waals surface area (Å²) in [4.78, 5) is 31.8. The van der Waals surface area contributed by atoms with E-state index in [2.05, 4.69) is 15.4 Å². The van der Waals surface area contributed by atoms with Gasteiger partial charge < -0.3 is 9.30 Å². The van der Waals surface area contributed by atoms with Crippen molar-refractivity contribution in [1.82, 2.24) is 25.4 Å². The van der Waals surface area contributed by atoms with Crippen LogP contribution in [0.25, 0.3) is 0 Å². The molecule has 1 aromatic carbocycles. The maximum Gasteiger partial charge on any atom is 0.426 e. The lowest BCUT2D eigenvalue weighted by molar-refractivity contribution is 0.0899. The van der Waals surface area contributed by atoms with E-state index in [0.717, 1.165) is 0 Å². The van der Waals surface area contributed by atoms with Gasteiger partial charge in [0.05, 0.1) is 17.9 Å². The Hall–Kier alpha value is -2.40. The number of hydrogen-bond donors (Lipinski definition) is 2. The molecule has 0 bridgehead atoms. The van der Waals surface area contributed by atoms with Crippen LogP contribution in [0.3, 0.4) is 0 Å². The lowest BCUT2D eigenvalue weighted by atomic mass is 10.2. The molecule has 2 amide bonds. The summed E-state index contributed by atoms with van der Waals surface area (Å²) in [5.74, 6) is -1.27. The quantitative estimate of drug-likeness (QED) is 0.539. The third kappa shape index (κ3) is 5.36. The number of halogens is 4. The van der Waals surface area contributed by atoms with Crippen molar-refractivity contribution in [3.05, 3.63) is 67.3 Å². The second-order valence-corrected chi connectivity index (χ2v) is 7.50. The molecule has 0 saturated heterocycles. The van der Waals surface area contributed by atoms with Crippen LogP contribution < -0.4 is 10.9 Å². The highest BCUT2D eigenvalue weighted by Crippen LogP contribution is 2.22. The fourth-order valence-electron chi connectivity index (χ4n) is 2.10. The number of hydrazine groups is 1. The van der Waals surface area contributed by atoms with Crippen molar-refractivity contribution in [3.8, 4) is 0 Å². The summed E-state index contributed by atoms with van der Waals surface area (Å²) < 4.78 is 20.0. The molecule has 29 heavy (non-hydrogen) atoms. The average molecular weight is 479 g/mol. The van der Waals surface area contributed by atoms with Gasteiger partial charge >= 0.3 is 6.09 Å². The minimum absolute atomic E-state index is 0.0260. The van der Waals surface area contributed by atoms with Crippen molar-refractivity contribution in [2.45, 2.75) is 13.2 Å². The number of rotatable bonds is 5. The standard InChI is InChI=1S/C16H11Cl3FN5O3S/c17-9-2-1-3-10(20)8(9)5-28-16(27)24-23-15(26)11-6-29-12(22-11)4-25-7-21-13(18)14(25)19/h1-3,6-7H,4-5H2,(H,23,26)(H,24,27). The van der Waals surface area contributed by atoms with Gasteiger partial charge in [0.2, 0.25) is 0 Å². The van der Waals surface area contributed by atoms with Crippen molar-refractivity contribution >= 4 is 58.1 Å². The van der Waals surface area contributed by atoms with Gasteiger partial charge in [0.1, 0.15) is 28.3 Å². The number of thiazole rings is 1. The van der Waals surface area contributed by atoms with Crippen molar-refractivity contribution in [3.63, 3.8) is 0 Å². The molecule has 0 unspecified atom stereocenters. The number of aromatic nitrogens is 3. The summed E-state index contributed by atoms with van der Waals surface area (Å²) in [7, 11) is 0. The van der Waals surface area contributed by atoms with E-state index < -0.39 is 24.4 Å². The molecule has 0 atom stereocenters. The molecule has 0 fully saturated rings. The molecule has 3 rings (SSSR count). The molecule has 2 aromatic heterocycles. The number of benzene rings is 1. The third-order valence-corrected chi connectivity index (χ3v) is 5.47. The second kappa shape index (κ2) is 9.40. The zero-order valence-electron chi connectivity index (χ0n) is 14.3. The van der Waals surface area contributed by atoms with Gasteiger partial charge in [-0.05, 0) is 12.1 Å². The molecule has 13 heteroatoms. The fraction of sp³-hybridized carbons (Fsp3) is 0.125. The molecule has 2 N–H and O–H groups in total. The topological polar surface area (TPSA) is 98.1 Å². The van der Waals surface area contributed by atoms with Crippen LogP contribution in [0, 0.1) is 5.82 Å². The van der Waals surface area contributed by atoms with Crippen LogP contribution >= 0.6 is 46.1 Å². The largest absolute Gasteiger partial charge is 0.443 e. The molecule has 0 aliphatic carbocycles. The smallest absolute Gasteiger partial charge is 0.426 e. The van der Waals surface area contributed by atoms with Gasteiger partial charge in [-0.25, -0.2) is 24.6 Å². The molecular weight excluding hydrogens is 468 g/mol. The van der Waals surface area contributed by atoms with Gasteiger partial charge in [0.15, 0.2) is 5.15 Å². The minimum atomic E-state index is -0.993. The van der Waals surface area contributed by atoms with Crippen LogP contribution in [0.2, 0.25) is 15.3 Å². The first kappa shape index (κ1) is 21.3. The van der Waals surface area contributed by atoms with E-state index in [9.17, 15) is 14.0 Å². The number of nitrogens with one attached hydrogen (secondary N) is 2. The van der Waals surface area contributed by atoms with E-state index in [4.69, 9.17) is 39.5 Å². The molecule has 8 nitrogen and oxygen atoms in total.